The maximum Gasteiger partial charge on any atom is 0.139 e. The van der Waals surface area contributed by atoms with Crippen molar-refractivity contribution in [2.24, 2.45) is 0 Å². The lowest BCUT2D eigenvalue weighted by Crippen LogP contribution is -2.27. The molecule has 0 saturated heterocycles. The fourth-order valence-electron chi connectivity index (χ4n) is 1.29. The third-order valence-electron chi connectivity index (χ3n) is 1.96. The zero-order valence-electron chi connectivity index (χ0n) is 8.14. The highest BCUT2D eigenvalue weighted by molar-refractivity contribution is 5.67. The Morgan fingerprint density at radius 3 is 2.36 bits per heavy atom. The number of benzene rings is 1. The van der Waals surface area contributed by atoms with Crippen molar-refractivity contribution in [2.45, 2.75) is 6.92 Å². The number of carbonyl (C=O) groups is 2. The van der Waals surface area contributed by atoms with Crippen molar-refractivity contribution in [3.63, 3.8) is 0 Å². The molecule has 3 heteroatoms. The van der Waals surface area contributed by atoms with Gasteiger partial charge in [-0.2, -0.15) is 0 Å². The summed E-state index contributed by atoms with van der Waals surface area (Å²) < 4.78 is 0. The molecule has 0 N–H and O–H groups in total. The van der Waals surface area contributed by atoms with E-state index in [1.807, 2.05) is 31.2 Å². The third-order valence-corrected chi connectivity index (χ3v) is 1.96. The molecule has 1 aromatic carbocycles. The molecule has 0 aliphatic rings. The molecule has 0 fully saturated rings. The van der Waals surface area contributed by atoms with Crippen LogP contribution in [0.2, 0.25) is 0 Å². The first kappa shape index (κ1) is 10.4. The zero-order chi connectivity index (χ0) is 10.4. The Bertz CT molecular complexity index is 313. The molecular weight excluding hydrogens is 178 g/mol. The van der Waals surface area contributed by atoms with Gasteiger partial charge < -0.3 is 14.5 Å². The summed E-state index contributed by atoms with van der Waals surface area (Å²) >= 11 is 0. The first-order valence-corrected chi connectivity index (χ1v) is 4.47. The molecule has 0 saturated carbocycles. The Hall–Kier alpha value is -1.64. The van der Waals surface area contributed by atoms with E-state index in [1.165, 1.54) is 0 Å². The fourth-order valence-corrected chi connectivity index (χ4v) is 1.29. The molecule has 0 aliphatic heterocycles. The molecule has 14 heavy (non-hydrogen) atoms. The molecule has 1 rings (SSSR count). The highest BCUT2D eigenvalue weighted by Gasteiger charge is 2.04. The van der Waals surface area contributed by atoms with Gasteiger partial charge in [0.2, 0.25) is 0 Å². The van der Waals surface area contributed by atoms with Crippen LogP contribution in [0.5, 0.6) is 0 Å². The summed E-state index contributed by atoms with van der Waals surface area (Å²) in [5, 5.41) is 0. The lowest BCUT2D eigenvalue weighted by molar-refractivity contribution is -0.107. The topological polar surface area (TPSA) is 37.4 Å². The van der Waals surface area contributed by atoms with Gasteiger partial charge in [0.1, 0.15) is 12.6 Å². The quantitative estimate of drug-likeness (QED) is 0.656. The van der Waals surface area contributed by atoms with E-state index in [0.717, 1.165) is 23.8 Å². The van der Waals surface area contributed by atoms with Crippen molar-refractivity contribution >= 4 is 18.3 Å². The fraction of sp³-hybridized carbons (Fsp3) is 0.273. The summed E-state index contributed by atoms with van der Waals surface area (Å²) in [5.74, 6) is 0. The van der Waals surface area contributed by atoms with Gasteiger partial charge in [-0.3, -0.25) is 0 Å². The van der Waals surface area contributed by atoms with E-state index in [9.17, 15) is 9.59 Å². The lowest BCUT2D eigenvalue weighted by Gasteiger charge is -2.19. The number of aryl methyl sites for hydroxylation is 1. The molecular formula is C11H13NO2. The molecule has 0 unspecified atom stereocenters. The Labute approximate surface area is 83.3 Å². The first-order chi connectivity index (χ1) is 6.77. The van der Waals surface area contributed by atoms with E-state index in [2.05, 4.69) is 0 Å². The average molecular weight is 191 g/mol. The maximum absolute atomic E-state index is 10.4. The van der Waals surface area contributed by atoms with E-state index >= 15 is 0 Å². The number of hydrogen-bond acceptors (Lipinski definition) is 3. The molecule has 0 aliphatic carbocycles. The third kappa shape index (κ3) is 2.69. The molecule has 3 nitrogen and oxygen atoms in total. The summed E-state index contributed by atoms with van der Waals surface area (Å²) in [6, 6.07) is 7.73. The van der Waals surface area contributed by atoms with Gasteiger partial charge in [-0.05, 0) is 24.6 Å². The van der Waals surface area contributed by atoms with Crippen LogP contribution in [0.1, 0.15) is 5.56 Å². The van der Waals surface area contributed by atoms with Crippen molar-refractivity contribution in [2.75, 3.05) is 18.0 Å². The highest BCUT2D eigenvalue weighted by atomic mass is 16.1. The molecule has 0 amide bonds. The van der Waals surface area contributed by atoms with Gasteiger partial charge in [0.15, 0.2) is 0 Å². The van der Waals surface area contributed by atoms with E-state index in [4.69, 9.17) is 0 Å². The summed E-state index contributed by atoms with van der Waals surface area (Å²) in [6.07, 6.45) is 1.59. The van der Waals surface area contributed by atoms with Crippen molar-refractivity contribution in [3.8, 4) is 0 Å². The van der Waals surface area contributed by atoms with Crippen LogP contribution in [0.25, 0.3) is 0 Å². The number of hydrogen-bond donors (Lipinski definition) is 0. The Morgan fingerprint density at radius 2 is 1.86 bits per heavy atom. The minimum Gasteiger partial charge on any atom is -0.357 e. The molecule has 0 atom stereocenters. The van der Waals surface area contributed by atoms with E-state index < -0.39 is 0 Å². The standard InChI is InChI=1S/C11H13NO2/c1-10-3-2-4-11(9-10)12(5-7-13)6-8-14/h2-4,7-9H,5-6H2,1H3. The molecule has 0 radical (unpaired) electrons. The summed E-state index contributed by atoms with van der Waals surface area (Å²) in [6.45, 7) is 2.48. The Kier molecular flexibility index (Phi) is 3.85. The van der Waals surface area contributed by atoms with Crippen LogP contribution in [-0.4, -0.2) is 25.7 Å². The van der Waals surface area contributed by atoms with E-state index in [-0.39, 0.29) is 13.1 Å². The Morgan fingerprint density at radius 1 is 1.21 bits per heavy atom. The zero-order valence-corrected chi connectivity index (χ0v) is 8.14. The van der Waals surface area contributed by atoms with Gasteiger partial charge in [0.25, 0.3) is 0 Å². The van der Waals surface area contributed by atoms with Crippen molar-refractivity contribution in [3.05, 3.63) is 29.8 Å². The lowest BCUT2D eigenvalue weighted by atomic mass is 10.2. The first-order valence-electron chi connectivity index (χ1n) is 4.47. The van der Waals surface area contributed by atoms with E-state index in [1.54, 1.807) is 4.90 Å². The van der Waals surface area contributed by atoms with Crippen molar-refractivity contribution in [1.82, 2.24) is 0 Å². The minimum absolute atomic E-state index is 0.252. The molecule has 0 spiro atoms. The minimum atomic E-state index is 0.252. The van der Waals surface area contributed by atoms with Crippen LogP contribution in [-0.2, 0) is 9.59 Å². The second-order valence-electron chi connectivity index (χ2n) is 3.08. The molecule has 0 aromatic heterocycles. The highest BCUT2D eigenvalue weighted by Crippen LogP contribution is 2.14. The van der Waals surface area contributed by atoms with Gasteiger partial charge >= 0.3 is 0 Å². The maximum atomic E-state index is 10.4. The van der Waals surface area contributed by atoms with Crippen LogP contribution in [0.15, 0.2) is 24.3 Å². The second-order valence-corrected chi connectivity index (χ2v) is 3.08. The molecule has 1 aromatic rings. The number of rotatable bonds is 5. The van der Waals surface area contributed by atoms with Crippen molar-refractivity contribution < 1.29 is 9.59 Å². The second kappa shape index (κ2) is 5.17. The van der Waals surface area contributed by atoms with Crippen LogP contribution in [0.3, 0.4) is 0 Å². The van der Waals surface area contributed by atoms with Gasteiger partial charge in [-0.15, -0.1) is 0 Å². The van der Waals surface area contributed by atoms with Crippen molar-refractivity contribution in [1.29, 1.82) is 0 Å². The van der Waals surface area contributed by atoms with Crippen LogP contribution >= 0.6 is 0 Å². The molecule has 74 valence electrons. The SMILES string of the molecule is Cc1cccc(N(CC=O)CC=O)c1. The van der Waals surface area contributed by atoms with Crippen LogP contribution in [0.4, 0.5) is 5.69 Å². The summed E-state index contributed by atoms with van der Waals surface area (Å²) in [4.78, 5) is 22.5. The van der Waals surface area contributed by atoms with E-state index in [0.29, 0.717) is 0 Å². The molecule has 0 bridgehead atoms. The predicted molar refractivity (Wildman–Crippen MR) is 55.5 cm³/mol. The number of aldehydes is 2. The smallest absolute Gasteiger partial charge is 0.139 e. The predicted octanol–water partition coefficient (Wildman–Crippen LogP) is 1.20. The van der Waals surface area contributed by atoms with Gasteiger partial charge in [-0.1, -0.05) is 12.1 Å². The van der Waals surface area contributed by atoms with Crippen LogP contribution in [0, 0.1) is 6.92 Å². The average Bonchev–Trinajstić information content (AvgIpc) is 2.17. The number of nitrogens with zero attached hydrogens (tertiary/aromatic N) is 1. The largest absolute Gasteiger partial charge is 0.357 e. The van der Waals surface area contributed by atoms with Gasteiger partial charge in [0, 0.05) is 5.69 Å². The summed E-state index contributed by atoms with van der Waals surface area (Å²) in [5.41, 5.74) is 2.02. The number of carbonyl (C=O) groups excluding carboxylic acids is 2. The summed E-state index contributed by atoms with van der Waals surface area (Å²) in [7, 11) is 0. The number of anilines is 1. The normalized spacial score (nSPS) is 9.50. The van der Waals surface area contributed by atoms with Crippen LogP contribution < -0.4 is 4.90 Å². The monoisotopic (exact) mass is 191 g/mol. The van der Waals surface area contributed by atoms with Gasteiger partial charge in [0.05, 0.1) is 13.1 Å². The Balaban J connectivity index is 2.85. The van der Waals surface area contributed by atoms with Gasteiger partial charge in [-0.25, -0.2) is 0 Å². The molecule has 0 heterocycles.